The van der Waals surface area contributed by atoms with Crippen molar-refractivity contribution >= 4 is 23.2 Å². The molecule has 0 fully saturated rings. The summed E-state index contributed by atoms with van der Waals surface area (Å²) >= 11 is 1.49. The van der Waals surface area contributed by atoms with Crippen LogP contribution < -0.4 is 5.32 Å². The molecular formula is C12H15NO3S. The number of carboxylic acids is 1. The minimum Gasteiger partial charge on any atom is -0.480 e. The molecule has 1 amide bonds. The maximum Gasteiger partial charge on any atom is 0.325 e. The monoisotopic (exact) mass is 253 g/mol. The van der Waals surface area contributed by atoms with Crippen LogP contribution in [0.4, 0.5) is 0 Å². The number of carbonyl (C=O) groups excluding carboxylic acids is 1. The predicted octanol–water partition coefficient (Wildman–Crippen LogP) is 1.83. The molecule has 0 spiro atoms. The Labute approximate surface area is 104 Å². The van der Waals surface area contributed by atoms with Crippen molar-refractivity contribution in [3.05, 3.63) is 21.4 Å². The summed E-state index contributed by atoms with van der Waals surface area (Å²) in [7, 11) is 0. The summed E-state index contributed by atoms with van der Waals surface area (Å²) in [6.07, 6.45) is 4.44. The van der Waals surface area contributed by atoms with Crippen molar-refractivity contribution in [3.8, 4) is 0 Å². The Kier molecular flexibility index (Phi) is 3.47. The molecule has 2 N–H and O–H groups in total. The molecule has 0 aromatic carbocycles. The van der Waals surface area contributed by atoms with E-state index in [0.29, 0.717) is 4.88 Å². The lowest BCUT2D eigenvalue weighted by molar-refractivity contribution is -0.138. The Bertz CT molecular complexity index is 429. The van der Waals surface area contributed by atoms with Gasteiger partial charge in [0.05, 0.1) is 4.88 Å². The lowest BCUT2D eigenvalue weighted by Crippen LogP contribution is -2.37. The summed E-state index contributed by atoms with van der Waals surface area (Å²) in [5, 5.41) is 11.2. The van der Waals surface area contributed by atoms with Gasteiger partial charge in [-0.2, -0.15) is 0 Å². The zero-order chi connectivity index (χ0) is 12.4. The molecule has 0 radical (unpaired) electrons. The van der Waals surface area contributed by atoms with Gasteiger partial charge in [0.15, 0.2) is 0 Å². The Morgan fingerprint density at radius 2 is 2.12 bits per heavy atom. The van der Waals surface area contributed by atoms with Crippen LogP contribution in [-0.2, 0) is 17.6 Å². The zero-order valence-electron chi connectivity index (χ0n) is 9.66. The summed E-state index contributed by atoms with van der Waals surface area (Å²) in [5.74, 6) is -1.29. The summed E-state index contributed by atoms with van der Waals surface area (Å²) in [6.45, 7) is 1.47. The first kappa shape index (κ1) is 12.1. The molecule has 5 heteroatoms. The molecule has 1 heterocycles. The van der Waals surface area contributed by atoms with Crippen LogP contribution in [0.2, 0.25) is 0 Å². The summed E-state index contributed by atoms with van der Waals surface area (Å²) in [6, 6.07) is 1.06. The number of fused-ring (bicyclic) bond motifs is 1. The van der Waals surface area contributed by atoms with E-state index in [0.717, 1.165) is 12.8 Å². The largest absolute Gasteiger partial charge is 0.480 e. The lowest BCUT2D eigenvalue weighted by atomic mass is 9.99. The van der Waals surface area contributed by atoms with E-state index < -0.39 is 12.0 Å². The molecule has 0 saturated heterocycles. The molecule has 2 rings (SSSR count). The molecule has 0 aliphatic heterocycles. The van der Waals surface area contributed by atoms with Crippen molar-refractivity contribution in [2.75, 3.05) is 0 Å². The Hall–Kier alpha value is -1.36. The average molecular weight is 253 g/mol. The second-order valence-electron chi connectivity index (χ2n) is 4.30. The maximum absolute atomic E-state index is 11.8. The number of aliphatic carboxylic acids is 1. The maximum atomic E-state index is 11.8. The molecule has 92 valence electrons. The predicted molar refractivity (Wildman–Crippen MR) is 65.5 cm³/mol. The molecule has 0 saturated carbocycles. The van der Waals surface area contributed by atoms with Crippen molar-refractivity contribution in [1.82, 2.24) is 5.32 Å². The van der Waals surface area contributed by atoms with Crippen LogP contribution in [0.5, 0.6) is 0 Å². The van der Waals surface area contributed by atoms with Gasteiger partial charge in [-0.25, -0.2) is 0 Å². The number of amides is 1. The highest BCUT2D eigenvalue weighted by molar-refractivity contribution is 7.14. The zero-order valence-corrected chi connectivity index (χ0v) is 10.5. The number of thiophene rings is 1. The van der Waals surface area contributed by atoms with E-state index in [2.05, 4.69) is 5.32 Å². The first-order valence-corrected chi connectivity index (χ1v) is 6.55. The fourth-order valence-corrected chi connectivity index (χ4v) is 3.09. The third-order valence-electron chi connectivity index (χ3n) is 2.94. The number of carbonyl (C=O) groups is 2. The SMILES string of the molecule is C[C@@H](NC(=O)c1cc2c(s1)CCCC2)C(=O)O. The minimum atomic E-state index is -1.01. The normalized spacial score (nSPS) is 16.1. The number of carboxylic acid groups (broad SMARTS) is 1. The smallest absolute Gasteiger partial charge is 0.325 e. The molecule has 0 unspecified atom stereocenters. The summed E-state index contributed by atoms with van der Waals surface area (Å²) < 4.78 is 0. The van der Waals surface area contributed by atoms with Crippen molar-refractivity contribution in [2.45, 2.75) is 38.6 Å². The minimum absolute atomic E-state index is 0.278. The highest BCUT2D eigenvalue weighted by atomic mass is 32.1. The van der Waals surface area contributed by atoms with Crippen LogP contribution in [-0.4, -0.2) is 23.0 Å². The number of nitrogens with one attached hydrogen (secondary N) is 1. The van der Waals surface area contributed by atoms with Gasteiger partial charge in [-0.3, -0.25) is 9.59 Å². The van der Waals surface area contributed by atoms with Crippen LogP contribution in [0.25, 0.3) is 0 Å². The third kappa shape index (κ3) is 2.66. The molecule has 1 aromatic heterocycles. The van der Waals surface area contributed by atoms with Gasteiger partial charge in [-0.1, -0.05) is 0 Å². The molecule has 0 bridgehead atoms. The van der Waals surface area contributed by atoms with E-state index in [1.807, 2.05) is 6.07 Å². The average Bonchev–Trinajstić information content (AvgIpc) is 2.72. The van der Waals surface area contributed by atoms with E-state index in [1.54, 1.807) is 0 Å². The van der Waals surface area contributed by atoms with E-state index in [1.165, 1.54) is 41.5 Å². The van der Waals surface area contributed by atoms with Crippen LogP contribution in [0.1, 0.15) is 39.9 Å². The number of hydrogen-bond acceptors (Lipinski definition) is 3. The molecule has 17 heavy (non-hydrogen) atoms. The van der Waals surface area contributed by atoms with E-state index in [4.69, 9.17) is 5.11 Å². The second kappa shape index (κ2) is 4.87. The summed E-state index contributed by atoms with van der Waals surface area (Å²) in [4.78, 5) is 24.4. The van der Waals surface area contributed by atoms with Gasteiger partial charge in [0.25, 0.3) is 5.91 Å². The Morgan fingerprint density at radius 1 is 1.41 bits per heavy atom. The van der Waals surface area contributed by atoms with Crippen molar-refractivity contribution in [1.29, 1.82) is 0 Å². The number of hydrogen-bond donors (Lipinski definition) is 2. The van der Waals surface area contributed by atoms with Crippen molar-refractivity contribution in [2.24, 2.45) is 0 Å². The van der Waals surface area contributed by atoms with Crippen LogP contribution in [0.15, 0.2) is 6.07 Å². The van der Waals surface area contributed by atoms with Gasteiger partial charge in [0.1, 0.15) is 6.04 Å². The first-order chi connectivity index (χ1) is 8.08. The molecule has 1 aromatic rings. The molecule has 1 aliphatic rings. The van der Waals surface area contributed by atoms with E-state index in [-0.39, 0.29) is 5.91 Å². The van der Waals surface area contributed by atoms with E-state index >= 15 is 0 Å². The highest BCUT2D eigenvalue weighted by Crippen LogP contribution is 2.29. The van der Waals surface area contributed by atoms with Gasteiger partial charge >= 0.3 is 5.97 Å². The topological polar surface area (TPSA) is 66.4 Å². The van der Waals surface area contributed by atoms with Gasteiger partial charge < -0.3 is 10.4 Å². The van der Waals surface area contributed by atoms with Crippen molar-refractivity contribution < 1.29 is 14.7 Å². The Morgan fingerprint density at radius 3 is 2.76 bits per heavy atom. The van der Waals surface area contributed by atoms with Crippen molar-refractivity contribution in [3.63, 3.8) is 0 Å². The van der Waals surface area contributed by atoms with Gasteiger partial charge in [0.2, 0.25) is 0 Å². The standard InChI is InChI=1S/C12H15NO3S/c1-7(12(15)16)13-11(14)10-6-8-4-2-3-5-9(8)17-10/h6-7H,2-5H2,1H3,(H,13,14)(H,15,16)/t7-/m1/s1. The fraction of sp³-hybridized carbons (Fsp3) is 0.500. The Balaban J connectivity index is 2.09. The van der Waals surface area contributed by atoms with E-state index in [9.17, 15) is 9.59 Å². The number of aryl methyl sites for hydroxylation is 2. The van der Waals surface area contributed by atoms with Crippen LogP contribution in [0.3, 0.4) is 0 Å². The highest BCUT2D eigenvalue weighted by Gasteiger charge is 2.20. The van der Waals surface area contributed by atoms with Crippen LogP contribution >= 0.6 is 11.3 Å². The molecule has 1 aliphatic carbocycles. The van der Waals surface area contributed by atoms with Gasteiger partial charge in [-0.15, -0.1) is 11.3 Å². The lowest BCUT2D eigenvalue weighted by Gasteiger charge is -2.08. The van der Waals surface area contributed by atoms with Crippen LogP contribution in [0, 0.1) is 0 Å². The fourth-order valence-electron chi connectivity index (χ4n) is 1.93. The first-order valence-electron chi connectivity index (χ1n) is 5.73. The molecule has 1 atom stereocenters. The quantitative estimate of drug-likeness (QED) is 0.863. The van der Waals surface area contributed by atoms with Gasteiger partial charge in [0, 0.05) is 4.88 Å². The third-order valence-corrected chi connectivity index (χ3v) is 4.17. The van der Waals surface area contributed by atoms with Gasteiger partial charge in [-0.05, 0) is 44.2 Å². The number of rotatable bonds is 3. The second-order valence-corrected chi connectivity index (χ2v) is 5.44. The summed E-state index contributed by atoms with van der Waals surface area (Å²) in [5.41, 5.74) is 1.26. The molecular weight excluding hydrogens is 238 g/mol. The molecule has 4 nitrogen and oxygen atoms in total.